The molecule has 2 rings (SSSR count). The van der Waals surface area contributed by atoms with Gasteiger partial charge in [0.15, 0.2) is 0 Å². The van der Waals surface area contributed by atoms with Gasteiger partial charge in [0.2, 0.25) is 5.91 Å². The standard InChI is InChI=1S/C17H19ClN2O/c1-2-20(12-13-7-6-10-15(18)11-13)17(21)16(19)14-8-4-3-5-9-14/h3-11,16H,2,12,19H2,1H3/t16-/m1/s1. The summed E-state index contributed by atoms with van der Waals surface area (Å²) in [5.74, 6) is -0.0799. The second kappa shape index (κ2) is 7.25. The Bertz CT molecular complexity index is 601. The number of nitrogens with two attached hydrogens (primary N) is 1. The maximum absolute atomic E-state index is 12.5. The van der Waals surface area contributed by atoms with Crippen LogP contribution in [0, 0.1) is 0 Å². The van der Waals surface area contributed by atoms with Gasteiger partial charge in [-0.3, -0.25) is 4.79 Å². The number of halogens is 1. The maximum Gasteiger partial charge on any atom is 0.244 e. The number of amides is 1. The van der Waals surface area contributed by atoms with Crippen molar-refractivity contribution in [2.45, 2.75) is 19.5 Å². The molecule has 4 heteroatoms. The molecule has 0 aliphatic carbocycles. The molecule has 2 aromatic rings. The average Bonchev–Trinajstić information content (AvgIpc) is 2.52. The van der Waals surface area contributed by atoms with E-state index in [4.69, 9.17) is 17.3 Å². The lowest BCUT2D eigenvalue weighted by Crippen LogP contribution is -2.38. The number of nitrogens with zero attached hydrogens (tertiary/aromatic N) is 1. The van der Waals surface area contributed by atoms with E-state index in [1.807, 2.05) is 61.5 Å². The van der Waals surface area contributed by atoms with E-state index in [0.717, 1.165) is 11.1 Å². The van der Waals surface area contributed by atoms with Crippen molar-refractivity contribution in [1.82, 2.24) is 4.90 Å². The first kappa shape index (κ1) is 15.5. The summed E-state index contributed by atoms with van der Waals surface area (Å²) in [6.07, 6.45) is 0. The Morgan fingerprint density at radius 2 is 1.90 bits per heavy atom. The summed E-state index contributed by atoms with van der Waals surface area (Å²) in [5.41, 5.74) is 7.91. The summed E-state index contributed by atoms with van der Waals surface area (Å²) < 4.78 is 0. The monoisotopic (exact) mass is 302 g/mol. The maximum atomic E-state index is 12.5. The van der Waals surface area contributed by atoms with Crippen molar-refractivity contribution in [3.63, 3.8) is 0 Å². The van der Waals surface area contributed by atoms with Crippen LogP contribution < -0.4 is 5.73 Å². The molecule has 0 heterocycles. The molecule has 1 atom stereocenters. The van der Waals surface area contributed by atoms with Crippen LogP contribution in [0.15, 0.2) is 54.6 Å². The second-order valence-corrected chi connectivity index (χ2v) is 5.31. The quantitative estimate of drug-likeness (QED) is 0.920. The van der Waals surface area contributed by atoms with Crippen molar-refractivity contribution in [2.75, 3.05) is 6.54 Å². The number of rotatable bonds is 5. The zero-order valence-electron chi connectivity index (χ0n) is 12.0. The normalized spacial score (nSPS) is 12.0. The Kier molecular flexibility index (Phi) is 5.37. The van der Waals surface area contributed by atoms with Crippen LogP contribution in [-0.4, -0.2) is 17.4 Å². The zero-order valence-corrected chi connectivity index (χ0v) is 12.8. The molecule has 0 aliphatic heterocycles. The lowest BCUT2D eigenvalue weighted by molar-refractivity contribution is -0.133. The minimum atomic E-state index is -0.634. The Balaban J connectivity index is 2.12. The molecule has 21 heavy (non-hydrogen) atoms. The van der Waals surface area contributed by atoms with Gasteiger partial charge in [0.05, 0.1) is 0 Å². The second-order valence-electron chi connectivity index (χ2n) is 4.87. The van der Waals surface area contributed by atoms with Crippen LogP contribution in [0.3, 0.4) is 0 Å². The van der Waals surface area contributed by atoms with Crippen LogP contribution in [0.25, 0.3) is 0 Å². The fourth-order valence-electron chi connectivity index (χ4n) is 2.20. The van der Waals surface area contributed by atoms with E-state index < -0.39 is 6.04 Å². The first-order valence-corrected chi connectivity index (χ1v) is 7.33. The highest BCUT2D eigenvalue weighted by Crippen LogP contribution is 2.17. The highest BCUT2D eigenvalue weighted by Gasteiger charge is 2.21. The van der Waals surface area contributed by atoms with Crippen LogP contribution in [0.4, 0.5) is 0 Å². The van der Waals surface area contributed by atoms with Gasteiger partial charge in [-0.2, -0.15) is 0 Å². The van der Waals surface area contributed by atoms with Crippen LogP contribution in [-0.2, 0) is 11.3 Å². The number of carbonyl (C=O) groups excluding carboxylic acids is 1. The molecule has 2 N–H and O–H groups in total. The van der Waals surface area contributed by atoms with Crippen molar-refractivity contribution >= 4 is 17.5 Å². The first-order valence-electron chi connectivity index (χ1n) is 6.95. The van der Waals surface area contributed by atoms with Gasteiger partial charge in [-0.05, 0) is 30.2 Å². The third-order valence-electron chi connectivity index (χ3n) is 3.38. The van der Waals surface area contributed by atoms with Gasteiger partial charge in [0, 0.05) is 18.1 Å². The fraction of sp³-hybridized carbons (Fsp3) is 0.235. The average molecular weight is 303 g/mol. The minimum absolute atomic E-state index is 0.0799. The molecule has 3 nitrogen and oxygen atoms in total. The topological polar surface area (TPSA) is 46.3 Å². The highest BCUT2D eigenvalue weighted by molar-refractivity contribution is 6.30. The zero-order chi connectivity index (χ0) is 15.2. The lowest BCUT2D eigenvalue weighted by Gasteiger charge is -2.24. The third-order valence-corrected chi connectivity index (χ3v) is 3.62. The highest BCUT2D eigenvalue weighted by atomic mass is 35.5. The van der Waals surface area contributed by atoms with Crippen LogP contribution >= 0.6 is 11.6 Å². The van der Waals surface area contributed by atoms with Crippen LogP contribution in [0.1, 0.15) is 24.1 Å². The molecule has 2 aromatic carbocycles. The summed E-state index contributed by atoms with van der Waals surface area (Å²) >= 11 is 5.98. The molecule has 0 fully saturated rings. The summed E-state index contributed by atoms with van der Waals surface area (Å²) in [4.78, 5) is 14.3. The van der Waals surface area contributed by atoms with Gasteiger partial charge < -0.3 is 10.6 Å². The van der Waals surface area contributed by atoms with Crippen molar-refractivity contribution < 1.29 is 4.79 Å². The van der Waals surface area contributed by atoms with Gasteiger partial charge >= 0.3 is 0 Å². The number of hydrogen-bond acceptors (Lipinski definition) is 2. The Hall–Kier alpha value is -1.84. The molecule has 0 saturated carbocycles. The van der Waals surface area contributed by atoms with E-state index in [9.17, 15) is 4.79 Å². The number of benzene rings is 2. The molecule has 0 bridgehead atoms. The third kappa shape index (κ3) is 4.06. The predicted octanol–water partition coefficient (Wildman–Crippen LogP) is 3.39. The minimum Gasteiger partial charge on any atom is -0.337 e. The van der Waals surface area contributed by atoms with Crippen LogP contribution in [0.2, 0.25) is 5.02 Å². The number of hydrogen-bond donors (Lipinski definition) is 1. The fourth-order valence-corrected chi connectivity index (χ4v) is 2.41. The van der Waals surface area contributed by atoms with E-state index in [2.05, 4.69) is 0 Å². The Labute approximate surface area is 130 Å². The Morgan fingerprint density at radius 3 is 2.52 bits per heavy atom. The summed E-state index contributed by atoms with van der Waals surface area (Å²) in [5, 5.41) is 0.670. The first-order chi connectivity index (χ1) is 10.1. The summed E-state index contributed by atoms with van der Waals surface area (Å²) in [6.45, 7) is 3.06. The molecule has 0 unspecified atom stereocenters. The molecule has 1 amide bonds. The van der Waals surface area contributed by atoms with E-state index in [0.29, 0.717) is 18.1 Å². The van der Waals surface area contributed by atoms with E-state index in [-0.39, 0.29) is 5.91 Å². The summed E-state index contributed by atoms with van der Waals surface area (Å²) in [6, 6.07) is 16.3. The molecule has 0 radical (unpaired) electrons. The molecular formula is C17H19ClN2O. The van der Waals surface area contributed by atoms with E-state index in [1.165, 1.54) is 0 Å². The molecule has 110 valence electrons. The number of carbonyl (C=O) groups is 1. The summed E-state index contributed by atoms with van der Waals surface area (Å²) in [7, 11) is 0. The van der Waals surface area contributed by atoms with Gasteiger partial charge in [0.25, 0.3) is 0 Å². The van der Waals surface area contributed by atoms with E-state index in [1.54, 1.807) is 4.90 Å². The molecule has 0 saturated heterocycles. The smallest absolute Gasteiger partial charge is 0.244 e. The molecule has 0 aromatic heterocycles. The SMILES string of the molecule is CCN(Cc1cccc(Cl)c1)C(=O)[C@H](N)c1ccccc1. The van der Waals surface area contributed by atoms with Crippen molar-refractivity contribution in [3.05, 3.63) is 70.7 Å². The molecular weight excluding hydrogens is 284 g/mol. The van der Waals surface area contributed by atoms with Gasteiger partial charge in [-0.15, -0.1) is 0 Å². The van der Waals surface area contributed by atoms with Gasteiger partial charge in [0.1, 0.15) is 6.04 Å². The van der Waals surface area contributed by atoms with Gasteiger partial charge in [-0.25, -0.2) is 0 Å². The largest absolute Gasteiger partial charge is 0.337 e. The van der Waals surface area contributed by atoms with E-state index >= 15 is 0 Å². The van der Waals surface area contributed by atoms with Gasteiger partial charge in [-0.1, -0.05) is 54.1 Å². The lowest BCUT2D eigenvalue weighted by atomic mass is 10.1. The number of likely N-dealkylation sites (N-methyl/N-ethyl adjacent to an activating group) is 1. The predicted molar refractivity (Wildman–Crippen MR) is 85.9 cm³/mol. The van der Waals surface area contributed by atoms with Crippen molar-refractivity contribution in [3.8, 4) is 0 Å². The van der Waals surface area contributed by atoms with Crippen LogP contribution in [0.5, 0.6) is 0 Å². The van der Waals surface area contributed by atoms with Crippen molar-refractivity contribution in [2.24, 2.45) is 5.73 Å². The molecule has 0 spiro atoms. The Morgan fingerprint density at radius 1 is 1.19 bits per heavy atom. The van der Waals surface area contributed by atoms with Crippen molar-refractivity contribution in [1.29, 1.82) is 0 Å². The molecule has 0 aliphatic rings.